The van der Waals surface area contributed by atoms with E-state index in [0.717, 1.165) is 33.6 Å². The summed E-state index contributed by atoms with van der Waals surface area (Å²) >= 11 is 0.845. The molecule has 4 rings (SSSR count). The van der Waals surface area contributed by atoms with Crippen molar-refractivity contribution in [3.63, 3.8) is 0 Å². The molecule has 7 heteroatoms. The molecule has 30 heavy (non-hydrogen) atoms. The number of hydrogen-bond acceptors (Lipinski definition) is 4. The maximum atomic E-state index is 12.7. The van der Waals surface area contributed by atoms with E-state index in [2.05, 4.69) is 5.32 Å². The van der Waals surface area contributed by atoms with Crippen LogP contribution in [0, 0.1) is 6.92 Å². The summed E-state index contributed by atoms with van der Waals surface area (Å²) in [7, 11) is 0. The van der Waals surface area contributed by atoms with Crippen LogP contribution in [0.15, 0.2) is 77.8 Å². The highest BCUT2D eigenvalue weighted by Crippen LogP contribution is 2.32. The predicted molar refractivity (Wildman–Crippen MR) is 118 cm³/mol. The molecule has 3 aromatic rings. The van der Waals surface area contributed by atoms with Gasteiger partial charge in [-0.2, -0.15) is 0 Å². The molecule has 0 aliphatic carbocycles. The molecule has 1 aliphatic heterocycles. The molecule has 1 aliphatic rings. The highest BCUT2D eigenvalue weighted by atomic mass is 32.2. The maximum Gasteiger partial charge on any atom is 0.294 e. The lowest BCUT2D eigenvalue weighted by Gasteiger charge is -2.12. The van der Waals surface area contributed by atoms with Crippen LogP contribution < -0.4 is 5.32 Å². The number of aryl methyl sites for hydroxylation is 1. The van der Waals surface area contributed by atoms with E-state index in [1.54, 1.807) is 30.3 Å². The van der Waals surface area contributed by atoms with Gasteiger partial charge in [-0.3, -0.25) is 19.3 Å². The van der Waals surface area contributed by atoms with Crippen LogP contribution in [0.25, 0.3) is 11.8 Å². The van der Waals surface area contributed by atoms with Gasteiger partial charge >= 0.3 is 0 Å². The fourth-order valence-electron chi connectivity index (χ4n) is 3.20. The summed E-state index contributed by atoms with van der Waals surface area (Å²) in [6.07, 6.45) is 3.60. The molecule has 2 aromatic carbocycles. The fraction of sp³-hybridized carbons (Fsp3) is 0.0870. The zero-order chi connectivity index (χ0) is 21.1. The third-order valence-corrected chi connectivity index (χ3v) is 5.51. The van der Waals surface area contributed by atoms with Crippen LogP contribution in [-0.4, -0.2) is 33.1 Å². The Morgan fingerprint density at radius 1 is 1.03 bits per heavy atom. The van der Waals surface area contributed by atoms with Gasteiger partial charge in [0.15, 0.2) is 0 Å². The molecule has 1 fully saturated rings. The number of imide groups is 1. The molecule has 1 saturated heterocycles. The molecule has 0 radical (unpaired) electrons. The number of thioether (sulfide) groups is 1. The maximum absolute atomic E-state index is 12.7. The van der Waals surface area contributed by atoms with Crippen LogP contribution in [0.4, 0.5) is 10.5 Å². The van der Waals surface area contributed by atoms with E-state index in [-0.39, 0.29) is 6.54 Å². The third-order valence-electron chi connectivity index (χ3n) is 4.60. The topological polar surface area (TPSA) is 71.4 Å². The van der Waals surface area contributed by atoms with E-state index < -0.39 is 17.1 Å². The summed E-state index contributed by atoms with van der Waals surface area (Å²) in [5.41, 5.74) is 3.45. The number of amides is 3. The molecule has 0 saturated carbocycles. The Balaban J connectivity index is 1.49. The molecule has 0 atom stereocenters. The normalized spacial score (nSPS) is 15.1. The summed E-state index contributed by atoms with van der Waals surface area (Å²) in [5, 5.41) is 2.24. The first-order valence-electron chi connectivity index (χ1n) is 9.36. The predicted octanol–water partition coefficient (Wildman–Crippen LogP) is 4.46. The number of rotatable bonds is 5. The number of nitrogens with zero attached hydrogens (tertiary/aromatic N) is 2. The molecule has 0 spiro atoms. The average Bonchev–Trinajstić information content (AvgIpc) is 3.23. The van der Waals surface area contributed by atoms with Gasteiger partial charge in [-0.05, 0) is 60.7 Å². The third kappa shape index (κ3) is 4.21. The molecule has 150 valence electrons. The Morgan fingerprint density at radius 3 is 2.40 bits per heavy atom. The summed E-state index contributed by atoms with van der Waals surface area (Å²) in [6, 6.07) is 20.7. The Labute approximate surface area is 178 Å². The van der Waals surface area contributed by atoms with E-state index in [1.165, 1.54) is 0 Å². The quantitative estimate of drug-likeness (QED) is 0.622. The summed E-state index contributed by atoms with van der Waals surface area (Å²) < 4.78 is 2.02. The van der Waals surface area contributed by atoms with Crippen molar-refractivity contribution in [2.75, 3.05) is 11.9 Å². The number of anilines is 1. The molecule has 6 nitrogen and oxygen atoms in total. The van der Waals surface area contributed by atoms with Gasteiger partial charge in [-0.1, -0.05) is 36.4 Å². The summed E-state index contributed by atoms with van der Waals surface area (Å²) in [4.78, 5) is 38.5. The van der Waals surface area contributed by atoms with E-state index in [4.69, 9.17) is 0 Å². The molecule has 1 aromatic heterocycles. The van der Waals surface area contributed by atoms with Gasteiger partial charge in [-0.25, -0.2) is 0 Å². The molecule has 0 bridgehead atoms. The van der Waals surface area contributed by atoms with Crippen molar-refractivity contribution in [3.8, 4) is 5.69 Å². The van der Waals surface area contributed by atoms with Crippen molar-refractivity contribution in [2.24, 2.45) is 0 Å². The van der Waals surface area contributed by atoms with Gasteiger partial charge in [0.25, 0.3) is 11.1 Å². The lowest BCUT2D eigenvalue weighted by Crippen LogP contribution is -2.36. The van der Waals surface area contributed by atoms with Crippen molar-refractivity contribution < 1.29 is 14.4 Å². The molecular weight excluding hydrogens is 398 g/mol. The smallest absolute Gasteiger partial charge is 0.294 e. The Bertz CT molecular complexity index is 1140. The van der Waals surface area contributed by atoms with Gasteiger partial charge in [0, 0.05) is 23.3 Å². The number of carbonyl (C=O) groups is 3. The highest BCUT2D eigenvalue weighted by Gasteiger charge is 2.36. The van der Waals surface area contributed by atoms with Crippen LogP contribution in [-0.2, 0) is 9.59 Å². The van der Waals surface area contributed by atoms with E-state index in [0.29, 0.717) is 10.6 Å². The Morgan fingerprint density at radius 2 is 1.70 bits per heavy atom. The largest absolute Gasteiger partial charge is 0.325 e. The van der Waals surface area contributed by atoms with Gasteiger partial charge in [0.1, 0.15) is 6.54 Å². The van der Waals surface area contributed by atoms with Gasteiger partial charge < -0.3 is 9.88 Å². The van der Waals surface area contributed by atoms with Crippen molar-refractivity contribution >= 4 is 40.6 Å². The van der Waals surface area contributed by atoms with Crippen molar-refractivity contribution in [2.45, 2.75) is 6.92 Å². The number of hydrogen-bond donors (Lipinski definition) is 1. The van der Waals surface area contributed by atoms with Crippen LogP contribution in [0.3, 0.4) is 0 Å². The number of carbonyl (C=O) groups excluding carboxylic acids is 3. The van der Waals surface area contributed by atoms with Crippen LogP contribution in [0.2, 0.25) is 0 Å². The van der Waals surface area contributed by atoms with Gasteiger partial charge in [0.05, 0.1) is 4.91 Å². The lowest BCUT2D eigenvalue weighted by molar-refractivity contribution is -0.127. The Kier molecular flexibility index (Phi) is 5.54. The fourth-order valence-corrected chi connectivity index (χ4v) is 4.04. The average molecular weight is 417 g/mol. The van der Waals surface area contributed by atoms with E-state index in [9.17, 15) is 14.4 Å². The second-order valence-electron chi connectivity index (χ2n) is 6.80. The first-order valence-corrected chi connectivity index (χ1v) is 10.2. The minimum Gasteiger partial charge on any atom is -0.325 e. The minimum atomic E-state index is -0.460. The SMILES string of the molecule is Cc1cc(/C=C2/SC(=O)N(CC(=O)Nc3ccccc3)C2=O)cn1-c1ccccc1. The molecule has 0 unspecified atom stereocenters. The lowest BCUT2D eigenvalue weighted by atomic mass is 10.2. The number of aromatic nitrogens is 1. The highest BCUT2D eigenvalue weighted by molar-refractivity contribution is 8.18. The monoisotopic (exact) mass is 417 g/mol. The number of para-hydroxylation sites is 2. The van der Waals surface area contributed by atoms with Crippen LogP contribution in [0.5, 0.6) is 0 Å². The van der Waals surface area contributed by atoms with Gasteiger partial charge in [-0.15, -0.1) is 0 Å². The van der Waals surface area contributed by atoms with Crippen molar-refractivity contribution in [1.82, 2.24) is 9.47 Å². The molecule has 1 N–H and O–H groups in total. The zero-order valence-corrected chi connectivity index (χ0v) is 17.1. The summed E-state index contributed by atoms with van der Waals surface area (Å²) in [6.45, 7) is 1.66. The second kappa shape index (κ2) is 8.42. The number of benzene rings is 2. The standard InChI is InChI=1S/C23H19N3O3S/c1-16-12-17(14-25(16)19-10-6-3-7-11-19)13-20-22(28)26(23(29)30-20)15-21(27)24-18-8-4-2-5-9-18/h2-14H,15H2,1H3,(H,24,27)/b20-13+. The van der Waals surface area contributed by atoms with E-state index >= 15 is 0 Å². The molecule has 3 amide bonds. The van der Waals surface area contributed by atoms with E-state index in [1.807, 2.05) is 60.2 Å². The molecule has 2 heterocycles. The second-order valence-corrected chi connectivity index (χ2v) is 7.80. The molecular formula is C23H19N3O3S. The van der Waals surface area contributed by atoms with Crippen molar-refractivity contribution in [3.05, 3.63) is 89.1 Å². The first kappa shape index (κ1) is 19.7. The first-order chi connectivity index (χ1) is 14.5. The van der Waals surface area contributed by atoms with Crippen LogP contribution in [0.1, 0.15) is 11.3 Å². The minimum absolute atomic E-state index is 0.303. The Hall–Kier alpha value is -3.58. The number of nitrogens with one attached hydrogen (secondary N) is 1. The van der Waals surface area contributed by atoms with Crippen molar-refractivity contribution in [1.29, 1.82) is 0 Å². The van der Waals surface area contributed by atoms with Gasteiger partial charge in [0.2, 0.25) is 5.91 Å². The summed E-state index contributed by atoms with van der Waals surface area (Å²) in [5.74, 6) is -0.880. The van der Waals surface area contributed by atoms with Crippen LogP contribution >= 0.6 is 11.8 Å². The zero-order valence-electron chi connectivity index (χ0n) is 16.2.